The Balaban J connectivity index is -0.00000000129. The third-order valence-corrected chi connectivity index (χ3v) is 0. The van der Waals surface area contributed by atoms with Crippen LogP contribution in [0, 0.1) is 14.9 Å². The maximum Gasteiger partial charge on any atom is 0 e. The number of hydrogen-bond donors (Lipinski definition) is 0. The number of hydrogen-bond acceptors (Lipinski definition) is 0. The molecule has 0 heterocycles. The van der Waals surface area contributed by atoms with Crippen molar-refractivity contribution in [3.05, 3.63) is 14.9 Å². The van der Waals surface area contributed by atoms with E-state index < -0.39 is 0 Å². The Labute approximate surface area is 115 Å². The van der Waals surface area contributed by atoms with Crippen LogP contribution < -0.4 is 0 Å². The summed E-state index contributed by atoms with van der Waals surface area (Å²) in [5.41, 5.74) is 0. The summed E-state index contributed by atoms with van der Waals surface area (Å²) < 4.78 is 0. The minimum absolute atomic E-state index is 0. The second-order valence-corrected chi connectivity index (χ2v) is 0. The van der Waals surface area contributed by atoms with Crippen molar-refractivity contribution in [2.24, 2.45) is 0 Å². The molecule has 0 unspecified atom stereocenters. The summed E-state index contributed by atoms with van der Waals surface area (Å²) in [6.45, 7) is 12.0. The van der Waals surface area contributed by atoms with Crippen LogP contribution in [0.2, 0.25) is 0 Å². The fraction of sp³-hybridized carbons (Fsp3) is 0.750. The molecule has 0 aliphatic heterocycles. The van der Waals surface area contributed by atoms with E-state index in [0.717, 1.165) is 0 Å². The van der Waals surface area contributed by atoms with Gasteiger partial charge in [0.15, 0.2) is 0 Å². The van der Waals surface area contributed by atoms with Crippen molar-refractivity contribution >= 4 is 16.8 Å². The van der Waals surface area contributed by atoms with Gasteiger partial charge < -0.3 is 14.9 Å². The van der Waals surface area contributed by atoms with Crippen molar-refractivity contribution in [1.29, 1.82) is 0 Å². The van der Waals surface area contributed by atoms with Crippen molar-refractivity contribution in [2.75, 3.05) is 0 Å². The van der Waals surface area contributed by atoms with Crippen LogP contribution in [0.5, 0.6) is 0 Å². The van der Waals surface area contributed by atoms with E-state index >= 15 is 0 Å². The van der Waals surface area contributed by atoms with E-state index in [0.29, 0.717) is 0 Å². The summed E-state index contributed by atoms with van der Waals surface area (Å²) in [5, 5.41) is 0. The van der Waals surface area contributed by atoms with Crippen LogP contribution in [0.1, 0.15) is 41.5 Å². The zero-order valence-electron chi connectivity index (χ0n) is 9.97. The van der Waals surface area contributed by atoms with Gasteiger partial charge in [0.1, 0.15) is 0 Å². The van der Waals surface area contributed by atoms with Crippen LogP contribution in [0.25, 0.3) is 0 Å². The van der Waals surface area contributed by atoms with Gasteiger partial charge in [-0.1, -0.05) is 41.5 Å². The Morgan fingerprint density at radius 3 is 0.417 bits per heavy atom. The molecule has 0 aromatic carbocycles. The molecule has 0 aromatic rings. The normalized spacial score (nSPS) is 1.50. The Morgan fingerprint density at radius 1 is 0.417 bits per heavy atom. The van der Waals surface area contributed by atoms with Crippen molar-refractivity contribution in [3.63, 3.8) is 0 Å². The maximum absolute atomic E-state index is 2.00. The first-order valence-corrected chi connectivity index (χ1v) is 3.00. The molecule has 0 saturated heterocycles. The first-order chi connectivity index (χ1) is 3.00. The van der Waals surface area contributed by atoms with Gasteiger partial charge in [-0.15, -0.1) is 0 Å². The summed E-state index contributed by atoms with van der Waals surface area (Å²) in [4.78, 5) is 0. The Morgan fingerprint density at radius 2 is 0.417 bits per heavy atom. The summed E-state index contributed by atoms with van der Waals surface area (Å²) in [7, 11) is 0. The van der Waals surface area contributed by atoms with E-state index in [4.69, 9.17) is 0 Å². The molecular formula is C8H24B2W2-2. The average molecular weight is 510 g/mol. The van der Waals surface area contributed by atoms with Crippen molar-refractivity contribution in [2.45, 2.75) is 41.5 Å². The molecule has 0 atom stereocenters. The van der Waals surface area contributed by atoms with E-state index in [1.165, 1.54) is 0 Å². The average Bonchev–Trinajstić information content (AvgIpc) is 1.81. The first kappa shape index (κ1) is 104. The largest absolute Gasteiger partial charge is 0.358 e. The van der Waals surface area contributed by atoms with Crippen LogP contribution in [0.4, 0.5) is 0 Å². The van der Waals surface area contributed by atoms with E-state index in [2.05, 4.69) is 0 Å². The minimum Gasteiger partial charge on any atom is -0.358 e. The van der Waals surface area contributed by atoms with E-state index in [1.54, 1.807) is 0 Å². The second-order valence-electron chi connectivity index (χ2n) is 0. The Kier molecular flexibility index (Phi) is 6320. The minimum atomic E-state index is 0. The molecule has 0 aliphatic rings. The third kappa shape index (κ3) is 560. The van der Waals surface area contributed by atoms with E-state index in [-0.39, 0.29) is 73.8 Å². The number of rotatable bonds is 0. The summed E-state index contributed by atoms with van der Waals surface area (Å²) in [5.74, 6) is 0. The van der Waals surface area contributed by atoms with Gasteiger partial charge in [-0.3, -0.25) is 0 Å². The first-order valence-electron chi connectivity index (χ1n) is 3.00. The monoisotopic (exact) mass is 510 g/mol. The predicted molar refractivity (Wildman–Crippen MR) is 58.4 cm³/mol. The molecule has 6 radical (unpaired) electrons. The molecule has 12 heavy (non-hydrogen) atoms. The van der Waals surface area contributed by atoms with E-state index in [1.807, 2.05) is 41.5 Å². The van der Waals surface area contributed by atoms with Gasteiger partial charge in [0.25, 0.3) is 0 Å². The molecule has 76 valence electrons. The molecule has 0 aliphatic carbocycles. The van der Waals surface area contributed by atoms with Crippen LogP contribution in [0.15, 0.2) is 0 Å². The van der Waals surface area contributed by atoms with Crippen molar-refractivity contribution in [1.82, 2.24) is 0 Å². The molecule has 0 aromatic heterocycles. The van der Waals surface area contributed by atoms with Gasteiger partial charge in [-0.25, -0.2) is 0 Å². The van der Waals surface area contributed by atoms with Crippen molar-refractivity contribution in [3.8, 4) is 0 Å². The second kappa shape index (κ2) is 730. The van der Waals surface area contributed by atoms with Gasteiger partial charge in [-0.2, -0.15) is 0 Å². The molecule has 4 heteroatoms. The Bertz CT molecular complexity index is 15.0. The molecule has 0 spiro atoms. The standard InChI is InChI=1S/3C2H6.2CH3.2B.2W/c3*1-2;;;;;;/h3*1-2H3;2*1H3;;;;/q;;;2*-1;;;;. The summed E-state index contributed by atoms with van der Waals surface area (Å²) in [6.07, 6.45) is 0. The smallest absolute Gasteiger partial charge is 0 e. The van der Waals surface area contributed by atoms with Gasteiger partial charge in [0.05, 0.1) is 0 Å². The molecule has 0 nitrogen and oxygen atoms in total. The molecule has 0 fully saturated rings. The van der Waals surface area contributed by atoms with Gasteiger partial charge in [-0.05, 0) is 0 Å². The molecule has 0 amide bonds. The molecule has 0 N–H and O–H groups in total. The van der Waals surface area contributed by atoms with Crippen LogP contribution in [-0.4, -0.2) is 16.8 Å². The third-order valence-electron chi connectivity index (χ3n) is 0. The molecular weight excluding hydrogens is 485 g/mol. The molecule has 0 bridgehead atoms. The van der Waals surface area contributed by atoms with Gasteiger partial charge in [0, 0.05) is 59.0 Å². The topological polar surface area (TPSA) is 0 Å². The Hall–Kier alpha value is 1.51. The molecule has 0 saturated carbocycles. The molecule has 0 rings (SSSR count). The SMILES string of the molecule is CC.CC.CC.[B].[B].[CH3-].[CH3-].[W].[W]. The van der Waals surface area contributed by atoms with E-state index in [9.17, 15) is 0 Å². The zero-order valence-corrected chi connectivity index (χ0v) is 15.8. The maximum atomic E-state index is 2.00. The summed E-state index contributed by atoms with van der Waals surface area (Å²) in [6, 6.07) is 0. The van der Waals surface area contributed by atoms with Crippen molar-refractivity contribution < 1.29 is 42.1 Å². The van der Waals surface area contributed by atoms with Gasteiger partial charge >= 0.3 is 0 Å². The van der Waals surface area contributed by atoms with Gasteiger partial charge in [0.2, 0.25) is 0 Å². The van der Waals surface area contributed by atoms with Crippen LogP contribution in [0.3, 0.4) is 0 Å². The fourth-order valence-electron chi connectivity index (χ4n) is 0. The fourth-order valence-corrected chi connectivity index (χ4v) is 0. The summed E-state index contributed by atoms with van der Waals surface area (Å²) >= 11 is 0. The predicted octanol–water partition coefficient (Wildman–Crippen LogP) is 3.21. The van der Waals surface area contributed by atoms with Crippen LogP contribution in [-0.2, 0) is 42.1 Å². The zero-order chi connectivity index (χ0) is 6.00. The van der Waals surface area contributed by atoms with Crippen LogP contribution >= 0.6 is 0 Å². The quantitative estimate of drug-likeness (QED) is 0.348.